The maximum absolute atomic E-state index is 12.9. The van der Waals surface area contributed by atoms with Crippen molar-refractivity contribution in [3.05, 3.63) is 65.2 Å². The first-order valence-corrected chi connectivity index (χ1v) is 9.06. The molecular formula is C17H9Cl5N2O2. The number of hydrogen-bond donors (Lipinski definition) is 2. The molecule has 0 aliphatic heterocycles. The Morgan fingerprint density at radius 3 is 2.31 bits per heavy atom. The third-order valence-corrected chi connectivity index (χ3v) is 5.30. The Kier molecular flexibility index (Phi) is 5.42. The Morgan fingerprint density at radius 1 is 1.00 bits per heavy atom. The Labute approximate surface area is 173 Å². The van der Waals surface area contributed by atoms with E-state index in [1.807, 2.05) is 0 Å². The lowest BCUT2D eigenvalue weighted by molar-refractivity contribution is 0.101. The zero-order chi connectivity index (χ0) is 19.2. The number of carbonyl (C=O) groups excluding carboxylic acids is 1. The summed E-state index contributed by atoms with van der Waals surface area (Å²) in [4.78, 5) is 28.0. The van der Waals surface area contributed by atoms with Crippen molar-refractivity contribution >= 4 is 86.2 Å². The van der Waals surface area contributed by atoms with E-state index in [1.165, 1.54) is 19.1 Å². The number of rotatable bonds is 3. The zero-order valence-corrected chi connectivity index (χ0v) is 16.8. The van der Waals surface area contributed by atoms with Crippen LogP contribution in [0, 0.1) is 0 Å². The number of H-pyrrole nitrogens is 1. The maximum Gasteiger partial charge on any atom is 0.203 e. The average Bonchev–Trinajstić information content (AvgIpc) is 2.54. The number of hydrogen-bond acceptors (Lipinski definition) is 3. The molecular weight excluding hydrogens is 441 g/mol. The van der Waals surface area contributed by atoms with Crippen LogP contribution in [0.5, 0.6) is 0 Å². The molecule has 3 aromatic rings. The predicted octanol–water partition coefficient (Wildman–Crippen LogP) is 6.74. The average molecular weight is 451 g/mol. The lowest BCUT2D eigenvalue weighted by Gasteiger charge is -2.14. The van der Waals surface area contributed by atoms with E-state index in [1.54, 1.807) is 12.1 Å². The van der Waals surface area contributed by atoms with Gasteiger partial charge in [0.05, 0.1) is 36.7 Å². The second-order valence-corrected chi connectivity index (χ2v) is 7.45. The highest BCUT2D eigenvalue weighted by molar-refractivity contribution is 6.47. The van der Waals surface area contributed by atoms with Crippen LogP contribution in [0.2, 0.25) is 25.1 Å². The lowest BCUT2D eigenvalue weighted by Crippen LogP contribution is -2.18. The molecule has 0 fully saturated rings. The number of benzene rings is 2. The van der Waals surface area contributed by atoms with Gasteiger partial charge in [-0.1, -0.05) is 58.0 Å². The summed E-state index contributed by atoms with van der Waals surface area (Å²) in [5, 5.41) is 4.07. The van der Waals surface area contributed by atoms with E-state index in [0.29, 0.717) is 15.7 Å². The molecule has 2 aromatic carbocycles. The van der Waals surface area contributed by atoms with Crippen molar-refractivity contribution in [1.29, 1.82) is 0 Å². The minimum absolute atomic E-state index is 0.0193. The van der Waals surface area contributed by atoms with E-state index >= 15 is 0 Å². The molecule has 0 spiro atoms. The van der Waals surface area contributed by atoms with Crippen molar-refractivity contribution < 1.29 is 4.79 Å². The van der Waals surface area contributed by atoms with Crippen molar-refractivity contribution in [1.82, 2.24) is 4.98 Å². The number of ketones is 1. The van der Waals surface area contributed by atoms with Crippen molar-refractivity contribution in [2.24, 2.45) is 0 Å². The molecule has 2 N–H and O–H groups in total. The monoisotopic (exact) mass is 448 g/mol. The topological polar surface area (TPSA) is 62.0 Å². The number of halogens is 5. The van der Waals surface area contributed by atoms with Gasteiger partial charge in [0, 0.05) is 5.02 Å². The van der Waals surface area contributed by atoms with Crippen LogP contribution < -0.4 is 10.7 Å². The van der Waals surface area contributed by atoms with Gasteiger partial charge in [-0.2, -0.15) is 0 Å². The molecule has 9 heteroatoms. The Morgan fingerprint density at radius 2 is 1.69 bits per heavy atom. The highest BCUT2D eigenvalue weighted by atomic mass is 35.5. The van der Waals surface area contributed by atoms with Gasteiger partial charge in [-0.3, -0.25) is 9.59 Å². The molecule has 26 heavy (non-hydrogen) atoms. The number of nitrogens with one attached hydrogen (secondary N) is 2. The number of pyridine rings is 1. The summed E-state index contributed by atoms with van der Waals surface area (Å²) in [5.74, 6) is -0.326. The summed E-state index contributed by atoms with van der Waals surface area (Å²) < 4.78 is 0. The Bertz CT molecular complexity index is 1120. The normalized spacial score (nSPS) is 11.0. The van der Waals surface area contributed by atoms with Crippen LogP contribution in [-0.4, -0.2) is 10.8 Å². The van der Waals surface area contributed by atoms with Gasteiger partial charge in [-0.25, -0.2) is 0 Å². The highest BCUT2D eigenvalue weighted by Gasteiger charge is 2.21. The first kappa shape index (κ1) is 19.3. The van der Waals surface area contributed by atoms with Gasteiger partial charge in [-0.15, -0.1) is 0 Å². The first-order valence-electron chi connectivity index (χ1n) is 7.17. The van der Waals surface area contributed by atoms with Gasteiger partial charge in [0.25, 0.3) is 0 Å². The highest BCUT2D eigenvalue weighted by Crippen LogP contribution is 2.36. The molecule has 3 rings (SSSR count). The van der Waals surface area contributed by atoms with Crippen LogP contribution in [0.3, 0.4) is 0 Å². The molecule has 0 saturated heterocycles. The standard InChI is InChI=1S/C17H9Cl5N2O2/c1-6(25)12-16(26)13-14(22)9(20)5-10(21)15(13)24-17(12)23-11-3-2-7(18)4-8(11)19/h2-5H,1H3,(H2,23,24,26). The fraction of sp³-hybridized carbons (Fsp3) is 0.0588. The largest absolute Gasteiger partial charge is 0.340 e. The van der Waals surface area contributed by atoms with Gasteiger partial charge >= 0.3 is 0 Å². The smallest absolute Gasteiger partial charge is 0.203 e. The van der Waals surface area contributed by atoms with Crippen LogP contribution in [0.4, 0.5) is 11.5 Å². The fourth-order valence-electron chi connectivity index (χ4n) is 2.51. The van der Waals surface area contributed by atoms with Crippen molar-refractivity contribution in [3.63, 3.8) is 0 Å². The SMILES string of the molecule is CC(=O)c1c(Nc2ccc(Cl)cc2Cl)[nH]c2c(Cl)cc(Cl)c(Cl)c2c1=O. The third-order valence-electron chi connectivity index (χ3n) is 3.67. The quantitative estimate of drug-likeness (QED) is 0.343. The molecule has 1 heterocycles. The molecule has 0 aliphatic rings. The molecule has 0 amide bonds. The van der Waals surface area contributed by atoms with Crippen LogP contribution in [0.15, 0.2) is 29.1 Å². The lowest BCUT2D eigenvalue weighted by atomic mass is 10.1. The van der Waals surface area contributed by atoms with Crippen LogP contribution in [0.25, 0.3) is 10.9 Å². The summed E-state index contributed by atoms with van der Waals surface area (Å²) in [7, 11) is 0. The second kappa shape index (κ2) is 7.29. The van der Waals surface area contributed by atoms with Crippen LogP contribution in [-0.2, 0) is 0 Å². The number of aromatic amines is 1. The van der Waals surface area contributed by atoms with E-state index in [0.717, 1.165) is 0 Å². The van der Waals surface area contributed by atoms with Gasteiger partial charge in [0.1, 0.15) is 11.4 Å². The van der Waals surface area contributed by atoms with E-state index in [4.69, 9.17) is 58.0 Å². The van der Waals surface area contributed by atoms with Gasteiger partial charge in [0.15, 0.2) is 5.78 Å². The maximum atomic E-state index is 12.9. The molecule has 1 aromatic heterocycles. The predicted molar refractivity (Wildman–Crippen MR) is 109 cm³/mol. The summed E-state index contributed by atoms with van der Waals surface area (Å²) in [6.45, 7) is 1.27. The minimum atomic E-state index is -0.590. The van der Waals surface area contributed by atoms with Gasteiger partial charge in [0.2, 0.25) is 5.43 Å². The molecule has 0 bridgehead atoms. The molecule has 0 aliphatic carbocycles. The third kappa shape index (κ3) is 3.40. The van der Waals surface area contributed by atoms with E-state index < -0.39 is 11.2 Å². The Hall–Kier alpha value is -1.43. The number of Topliss-reactive ketones (excluding diaryl/α,β-unsaturated/α-hetero) is 1. The van der Waals surface area contributed by atoms with Crippen molar-refractivity contribution in [3.8, 4) is 0 Å². The molecule has 0 atom stereocenters. The molecule has 4 nitrogen and oxygen atoms in total. The fourth-order valence-corrected chi connectivity index (χ4v) is 3.71. The van der Waals surface area contributed by atoms with Crippen LogP contribution >= 0.6 is 58.0 Å². The minimum Gasteiger partial charge on any atom is -0.340 e. The summed E-state index contributed by atoms with van der Waals surface area (Å²) in [6.07, 6.45) is 0. The number of carbonyl (C=O) groups is 1. The summed E-state index contributed by atoms with van der Waals surface area (Å²) >= 11 is 30.4. The molecule has 134 valence electrons. The second-order valence-electron chi connectivity index (χ2n) is 5.41. The molecule has 0 radical (unpaired) electrons. The zero-order valence-electron chi connectivity index (χ0n) is 13.0. The Balaban J connectivity index is 2.33. The number of fused-ring (bicyclic) bond motifs is 1. The molecule has 0 unspecified atom stereocenters. The summed E-state index contributed by atoms with van der Waals surface area (Å²) in [5.41, 5.74) is -0.00890. The van der Waals surface area contributed by atoms with Crippen LogP contribution in [0.1, 0.15) is 17.3 Å². The van der Waals surface area contributed by atoms with Crippen molar-refractivity contribution in [2.45, 2.75) is 6.92 Å². The number of anilines is 2. The molecule has 0 saturated carbocycles. The van der Waals surface area contributed by atoms with E-state index in [2.05, 4.69) is 10.3 Å². The van der Waals surface area contributed by atoms with Crippen molar-refractivity contribution in [2.75, 3.05) is 5.32 Å². The summed E-state index contributed by atoms with van der Waals surface area (Å²) in [6, 6.07) is 6.18. The van der Waals surface area contributed by atoms with Gasteiger partial charge < -0.3 is 10.3 Å². The first-order chi connectivity index (χ1) is 12.2. The van der Waals surface area contributed by atoms with Gasteiger partial charge in [-0.05, 0) is 31.2 Å². The van der Waals surface area contributed by atoms with E-state index in [9.17, 15) is 9.59 Å². The number of aromatic nitrogens is 1. The van der Waals surface area contributed by atoms with E-state index in [-0.39, 0.29) is 37.4 Å².